The van der Waals surface area contributed by atoms with Crippen LogP contribution in [0.3, 0.4) is 0 Å². The zero-order valence-corrected chi connectivity index (χ0v) is 12.9. The van der Waals surface area contributed by atoms with Crippen LogP contribution in [0.1, 0.15) is 13.3 Å². The van der Waals surface area contributed by atoms with Crippen LogP contribution in [0.5, 0.6) is 0 Å². The van der Waals surface area contributed by atoms with E-state index >= 15 is 0 Å². The molecule has 1 aromatic carbocycles. The van der Waals surface area contributed by atoms with E-state index in [-0.39, 0.29) is 21.9 Å². The van der Waals surface area contributed by atoms with Crippen molar-refractivity contribution in [2.24, 2.45) is 5.92 Å². The van der Waals surface area contributed by atoms with E-state index in [0.717, 1.165) is 12.5 Å². The van der Waals surface area contributed by atoms with Crippen molar-refractivity contribution in [2.45, 2.75) is 24.3 Å². The van der Waals surface area contributed by atoms with Gasteiger partial charge in [0.2, 0.25) is 10.0 Å². The van der Waals surface area contributed by atoms with Crippen LogP contribution >= 0.6 is 11.6 Å². The Balaban J connectivity index is 2.23. The molecule has 2 unspecified atom stereocenters. The number of rotatable bonds is 5. The second-order valence-corrected chi connectivity index (χ2v) is 7.03. The molecule has 0 amide bonds. The van der Waals surface area contributed by atoms with Gasteiger partial charge in [0, 0.05) is 24.6 Å². The third-order valence-electron chi connectivity index (χ3n) is 3.44. The van der Waals surface area contributed by atoms with Crippen molar-refractivity contribution in [3.63, 3.8) is 0 Å². The van der Waals surface area contributed by atoms with Crippen molar-refractivity contribution < 1.29 is 18.1 Å². The van der Waals surface area contributed by atoms with E-state index in [1.165, 1.54) is 12.1 Å². The Morgan fingerprint density at radius 1 is 1.52 bits per heavy atom. The summed E-state index contributed by atoms with van der Waals surface area (Å²) in [5, 5.41) is 10.7. The third kappa shape index (κ3) is 3.70. The number of ether oxygens (including phenoxy) is 1. The molecule has 1 N–H and O–H groups in total. The second-order valence-electron chi connectivity index (χ2n) is 4.90. The van der Waals surface area contributed by atoms with Gasteiger partial charge >= 0.3 is 0 Å². The Morgan fingerprint density at radius 2 is 2.24 bits per heavy atom. The molecule has 0 bridgehead atoms. The summed E-state index contributed by atoms with van der Waals surface area (Å²) in [6.07, 6.45) is 0.782. The Hall–Kier alpha value is -1.22. The molecular weight excluding hydrogens is 320 g/mol. The minimum Gasteiger partial charge on any atom is -0.381 e. The Labute approximate surface area is 127 Å². The predicted octanol–water partition coefficient (Wildman–Crippen LogP) is 1.95. The highest BCUT2D eigenvalue weighted by Gasteiger charge is 2.28. The van der Waals surface area contributed by atoms with Gasteiger partial charge in [-0.05, 0) is 25.5 Å². The van der Waals surface area contributed by atoms with Crippen LogP contribution in [0.25, 0.3) is 0 Å². The molecule has 1 fully saturated rings. The maximum absolute atomic E-state index is 12.3. The first-order chi connectivity index (χ1) is 9.81. The second kappa shape index (κ2) is 6.27. The monoisotopic (exact) mass is 334 g/mol. The summed E-state index contributed by atoms with van der Waals surface area (Å²) in [4.78, 5) is 9.93. The summed E-state index contributed by atoms with van der Waals surface area (Å²) in [6.45, 7) is 2.87. The van der Waals surface area contributed by atoms with Gasteiger partial charge in [-0.3, -0.25) is 10.1 Å². The SMILES string of the molecule is CC(NS(=O)(=O)c1ccc(Cl)c([N+](=O)[O-])c1)C1CCOC1. The molecule has 1 aromatic rings. The molecule has 9 heteroatoms. The molecule has 2 atom stereocenters. The molecule has 116 valence electrons. The molecule has 1 aliphatic rings. The molecule has 0 spiro atoms. The summed E-state index contributed by atoms with van der Waals surface area (Å²) >= 11 is 5.68. The number of nitrogens with one attached hydrogen (secondary N) is 1. The van der Waals surface area contributed by atoms with Crippen molar-refractivity contribution in [1.29, 1.82) is 0 Å². The smallest absolute Gasteiger partial charge is 0.289 e. The summed E-state index contributed by atoms with van der Waals surface area (Å²) in [5.74, 6) is 0.0991. The number of hydrogen-bond donors (Lipinski definition) is 1. The van der Waals surface area contributed by atoms with Gasteiger partial charge in [-0.1, -0.05) is 11.6 Å². The van der Waals surface area contributed by atoms with Gasteiger partial charge in [0.1, 0.15) is 5.02 Å². The van der Waals surface area contributed by atoms with Gasteiger partial charge in [-0.2, -0.15) is 0 Å². The van der Waals surface area contributed by atoms with Gasteiger partial charge in [-0.15, -0.1) is 0 Å². The fourth-order valence-electron chi connectivity index (χ4n) is 2.16. The molecule has 1 aliphatic heterocycles. The number of sulfonamides is 1. The normalized spacial score (nSPS) is 20.4. The van der Waals surface area contributed by atoms with E-state index < -0.39 is 20.6 Å². The van der Waals surface area contributed by atoms with E-state index in [1.54, 1.807) is 6.92 Å². The van der Waals surface area contributed by atoms with Crippen LogP contribution < -0.4 is 4.72 Å². The lowest BCUT2D eigenvalue weighted by molar-refractivity contribution is -0.384. The summed E-state index contributed by atoms with van der Waals surface area (Å²) in [5.41, 5.74) is -0.434. The average Bonchev–Trinajstić information content (AvgIpc) is 2.92. The molecule has 21 heavy (non-hydrogen) atoms. The molecular formula is C12H15ClN2O5S. The number of hydrogen-bond acceptors (Lipinski definition) is 5. The molecule has 7 nitrogen and oxygen atoms in total. The van der Waals surface area contributed by atoms with Crippen LogP contribution in [0, 0.1) is 16.0 Å². The molecule has 1 saturated heterocycles. The first-order valence-electron chi connectivity index (χ1n) is 6.35. The van der Waals surface area contributed by atoms with Crippen LogP contribution in [-0.2, 0) is 14.8 Å². The summed E-state index contributed by atoms with van der Waals surface area (Å²) in [7, 11) is -3.84. The number of halogens is 1. The Bertz CT molecular complexity index is 643. The largest absolute Gasteiger partial charge is 0.381 e. The van der Waals surface area contributed by atoms with Gasteiger partial charge in [0.25, 0.3) is 5.69 Å². The molecule has 0 aliphatic carbocycles. The Kier molecular flexibility index (Phi) is 4.82. The van der Waals surface area contributed by atoms with E-state index in [1.807, 2.05) is 0 Å². The minimum atomic E-state index is -3.84. The molecule has 1 heterocycles. The maximum atomic E-state index is 12.3. The van der Waals surface area contributed by atoms with Gasteiger partial charge in [0.05, 0.1) is 16.4 Å². The van der Waals surface area contributed by atoms with E-state index in [9.17, 15) is 18.5 Å². The van der Waals surface area contributed by atoms with Crippen molar-refractivity contribution >= 4 is 27.3 Å². The van der Waals surface area contributed by atoms with Crippen LogP contribution in [0.4, 0.5) is 5.69 Å². The van der Waals surface area contributed by atoms with Gasteiger partial charge in [0.15, 0.2) is 0 Å². The van der Waals surface area contributed by atoms with E-state index in [2.05, 4.69) is 4.72 Å². The highest BCUT2D eigenvalue weighted by Crippen LogP contribution is 2.27. The molecule has 0 radical (unpaired) electrons. The van der Waals surface area contributed by atoms with Gasteiger partial charge < -0.3 is 4.74 Å². The standard InChI is InChI=1S/C12H15ClN2O5S/c1-8(9-4-5-20-7-9)14-21(18,19)10-2-3-11(13)12(6-10)15(16)17/h2-3,6,8-9,14H,4-5,7H2,1H3. The quantitative estimate of drug-likeness (QED) is 0.655. The predicted molar refractivity (Wildman–Crippen MR) is 76.8 cm³/mol. The van der Waals surface area contributed by atoms with Crippen molar-refractivity contribution in [1.82, 2.24) is 4.72 Å². The minimum absolute atomic E-state index is 0.0991. The van der Waals surface area contributed by atoms with Crippen LogP contribution in [0.2, 0.25) is 5.02 Å². The third-order valence-corrected chi connectivity index (χ3v) is 5.31. The van der Waals surface area contributed by atoms with Gasteiger partial charge in [-0.25, -0.2) is 13.1 Å². The summed E-state index contributed by atoms with van der Waals surface area (Å²) in [6, 6.07) is 3.10. The van der Waals surface area contributed by atoms with Crippen molar-refractivity contribution in [3.8, 4) is 0 Å². The number of nitrogens with zero attached hydrogens (tertiary/aromatic N) is 1. The molecule has 0 aromatic heterocycles. The summed E-state index contributed by atoms with van der Waals surface area (Å²) < 4.78 is 32.3. The first-order valence-corrected chi connectivity index (χ1v) is 8.21. The number of nitro benzene ring substituents is 1. The number of nitro groups is 1. The molecule has 0 saturated carbocycles. The van der Waals surface area contributed by atoms with Crippen LogP contribution in [-0.4, -0.2) is 32.6 Å². The lowest BCUT2D eigenvalue weighted by Gasteiger charge is -2.19. The van der Waals surface area contributed by atoms with Crippen molar-refractivity contribution in [2.75, 3.05) is 13.2 Å². The molecule has 2 rings (SSSR count). The highest BCUT2D eigenvalue weighted by molar-refractivity contribution is 7.89. The Morgan fingerprint density at radius 3 is 2.81 bits per heavy atom. The van der Waals surface area contributed by atoms with E-state index in [4.69, 9.17) is 16.3 Å². The van der Waals surface area contributed by atoms with Crippen LogP contribution in [0.15, 0.2) is 23.1 Å². The average molecular weight is 335 g/mol. The maximum Gasteiger partial charge on any atom is 0.289 e. The fourth-order valence-corrected chi connectivity index (χ4v) is 3.67. The fraction of sp³-hybridized carbons (Fsp3) is 0.500. The van der Waals surface area contributed by atoms with E-state index in [0.29, 0.717) is 13.2 Å². The van der Waals surface area contributed by atoms with Crippen molar-refractivity contribution in [3.05, 3.63) is 33.3 Å². The first kappa shape index (κ1) is 16.2. The highest BCUT2D eigenvalue weighted by atomic mass is 35.5. The number of benzene rings is 1. The zero-order chi connectivity index (χ0) is 15.6. The lowest BCUT2D eigenvalue weighted by atomic mass is 10.0. The lowest BCUT2D eigenvalue weighted by Crippen LogP contribution is -2.38. The zero-order valence-electron chi connectivity index (χ0n) is 11.3. The topological polar surface area (TPSA) is 98.5 Å².